The molecule has 2 nitrogen and oxygen atoms in total. The lowest BCUT2D eigenvalue weighted by atomic mass is 10.1. The highest BCUT2D eigenvalue weighted by Gasteiger charge is 2.43. The SMILES string of the molecule is CC(C)N(C(C)C)P(F)N(C(C)(C)C)[Si](C)(C)C. The first-order valence-electron chi connectivity index (χ1n) is 6.84. The highest BCUT2D eigenvalue weighted by Crippen LogP contribution is 2.54. The molecule has 5 heteroatoms. The lowest BCUT2D eigenvalue weighted by molar-refractivity contribution is 0.265. The van der Waals surface area contributed by atoms with Crippen LogP contribution in [0, 0.1) is 0 Å². The molecule has 0 aromatic rings. The molecule has 0 radical (unpaired) electrons. The van der Waals surface area contributed by atoms with Crippen molar-refractivity contribution in [2.24, 2.45) is 0 Å². The van der Waals surface area contributed by atoms with Crippen molar-refractivity contribution in [2.45, 2.75) is 85.7 Å². The maximum Gasteiger partial charge on any atom is 0.230 e. The number of hydrogen-bond donors (Lipinski definition) is 0. The topological polar surface area (TPSA) is 6.48 Å². The van der Waals surface area contributed by atoms with Gasteiger partial charge < -0.3 is 0 Å². The molecule has 1 atom stereocenters. The second-order valence-electron chi connectivity index (χ2n) is 7.46. The molecule has 0 aromatic carbocycles. The van der Waals surface area contributed by atoms with Gasteiger partial charge in [0.2, 0.25) is 8.53 Å². The molecule has 0 aliphatic heterocycles. The van der Waals surface area contributed by atoms with E-state index in [1.54, 1.807) is 0 Å². The molecule has 0 amide bonds. The summed E-state index contributed by atoms with van der Waals surface area (Å²) in [6.07, 6.45) is 0. The predicted octanol–water partition coefficient (Wildman–Crippen LogP) is 5.24. The number of nitrogens with zero attached hydrogens (tertiary/aromatic N) is 2. The molecule has 0 fully saturated rings. The fourth-order valence-electron chi connectivity index (χ4n) is 2.58. The summed E-state index contributed by atoms with van der Waals surface area (Å²) in [4.78, 5) is 0. The monoisotopic (exact) mass is 294 g/mol. The Morgan fingerprint density at radius 2 is 1.28 bits per heavy atom. The van der Waals surface area contributed by atoms with E-state index in [2.05, 4.69) is 72.4 Å². The molecule has 0 spiro atoms. The molecule has 0 heterocycles. The standard InChI is InChI=1S/C13H32FN2PSi/c1-11(2)15(12(3)4)17(14)16(13(5,6)7)18(8,9)10/h11-12H,1-10H3. The van der Waals surface area contributed by atoms with Crippen LogP contribution in [0.3, 0.4) is 0 Å². The van der Waals surface area contributed by atoms with Crippen LogP contribution in [0.2, 0.25) is 19.6 Å². The molecule has 0 rings (SSSR count). The second kappa shape index (κ2) is 6.30. The van der Waals surface area contributed by atoms with Gasteiger partial charge in [0, 0.05) is 17.6 Å². The smallest absolute Gasteiger partial charge is 0.230 e. The van der Waals surface area contributed by atoms with Gasteiger partial charge in [-0.25, -0.2) is 4.67 Å². The van der Waals surface area contributed by atoms with Crippen LogP contribution in [0.15, 0.2) is 0 Å². The lowest BCUT2D eigenvalue weighted by Gasteiger charge is -2.49. The van der Waals surface area contributed by atoms with Crippen LogP contribution in [-0.4, -0.2) is 34.9 Å². The minimum atomic E-state index is -1.73. The molecular formula is C13H32FN2PSi. The summed E-state index contributed by atoms with van der Waals surface area (Å²) in [6.45, 7) is 21.4. The second-order valence-corrected chi connectivity index (χ2v) is 14.0. The van der Waals surface area contributed by atoms with Crippen molar-refractivity contribution < 1.29 is 4.20 Å². The zero-order valence-electron chi connectivity index (χ0n) is 13.9. The minimum Gasteiger partial charge on any atom is -0.261 e. The Hall–Kier alpha value is 0.497. The molecule has 0 aromatic heterocycles. The quantitative estimate of drug-likeness (QED) is 0.505. The van der Waals surface area contributed by atoms with Gasteiger partial charge in [0.25, 0.3) is 0 Å². The molecule has 0 N–H and O–H groups in total. The zero-order chi connectivity index (χ0) is 14.9. The Balaban J connectivity index is 5.38. The first-order chi connectivity index (χ1) is 7.80. The van der Waals surface area contributed by atoms with Gasteiger partial charge >= 0.3 is 0 Å². The van der Waals surface area contributed by atoms with Gasteiger partial charge in [0.15, 0.2) is 0 Å². The molecule has 0 bridgehead atoms. The molecular weight excluding hydrogens is 262 g/mol. The maximum absolute atomic E-state index is 15.2. The average Bonchev–Trinajstić information content (AvgIpc) is 1.93. The maximum atomic E-state index is 15.2. The number of halogens is 1. The van der Waals surface area contributed by atoms with Crippen LogP contribution < -0.4 is 0 Å². The van der Waals surface area contributed by atoms with Crippen LogP contribution in [0.5, 0.6) is 0 Å². The first-order valence-corrected chi connectivity index (χ1v) is 11.4. The van der Waals surface area contributed by atoms with Crippen LogP contribution in [-0.2, 0) is 0 Å². The summed E-state index contributed by atoms with van der Waals surface area (Å²) in [5.74, 6) is 0. The van der Waals surface area contributed by atoms with E-state index in [1.807, 2.05) is 4.67 Å². The summed E-state index contributed by atoms with van der Waals surface area (Å²) in [5.41, 5.74) is -0.118. The van der Waals surface area contributed by atoms with E-state index in [-0.39, 0.29) is 17.6 Å². The Morgan fingerprint density at radius 1 is 0.944 bits per heavy atom. The summed E-state index contributed by atoms with van der Waals surface area (Å²) in [5, 5.41) is 0. The van der Waals surface area contributed by atoms with Gasteiger partial charge in [-0.1, -0.05) is 19.6 Å². The van der Waals surface area contributed by atoms with Crippen molar-refractivity contribution in [3.8, 4) is 0 Å². The summed E-state index contributed by atoms with van der Waals surface area (Å²) >= 11 is 0. The molecule has 0 aliphatic rings. The van der Waals surface area contributed by atoms with Gasteiger partial charge in [-0.2, -0.15) is 4.20 Å². The van der Waals surface area contributed by atoms with E-state index in [0.717, 1.165) is 0 Å². The molecule has 0 saturated heterocycles. The Labute approximate surface area is 116 Å². The van der Waals surface area contributed by atoms with Crippen LogP contribution in [0.4, 0.5) is 4.20 Å². The molecule has 18 heavy (non-hydrogen) atoms. The largest absolute Gasteiger partial charge is 0.261 e. The zero-order valence-corrected chi connectivity index (χ0v) is 15.8. The Morgan fingerprint density at radius 3 is 1.44 bits per heavy atom. The summed E-state index contributed by atoms with van der Waals surface area (Å²) in [6, 6.07) is 0.477. The fraction of sp³-hybridized carbons (Fsp3) is 1.00. The van der Waals surface area contributed by atoms with Gasteiger partial charge in [-0.3, -0.25) is 4.34 Å². The van der Waals surface area contributed by atoms with Crippen LogP contribution in [0.25, 0.3) is 0 Å². The van der Waals surface area contributed by atoms with E-state index >= 15 is 4.20 Å². The lowest BCUT2D eigenvalue weighted by Crippen LogP contribution is -2.55. The normalized spacial score (nSPS) is 16.2. The first kappa shape index (κ1) is 18.5. The van der Waals surface area contributed by atoms with Crippen molar-refractivity contribution in [1.82, 2.24) is 9.01 Å². The Kier molecular flexibility index (Phi) is 6.47. The van der Waals surface area contributed by atoms with E-state index < -0.39 is 16.8 Å². The van der Waals surface area contributed by atoms with Crippen molar-refractivity contribution in [3.05, 3.63) is 0 Å². The van der Waals surface area contributed by atoms with Crippen LogP contribution in [0.1, 0.15) is 48.5 Å². The third kappa shape index (κ3) is 4.88. The molecule has 0 saturated carbocycles. The fourth-order valence-corrected chi connectivity index (χ4v) is 8.35. The minimum absolute atomic E-state index is 0.118. The predicted molar refractivity (Wildman–Crippen MR) is 85.1 cm³/mol. The van der Waals surface area contributed by atoms with Crippen molar-refractivity contribution in [2.75, 3.05) is 0 Å². The van der Waals surface area contributed by atoms with Crippen LogP contribution >= 0.6 is 8.53 Å². The van der Waals surface area contributed by atoms with Gasteiger partial charge in [-0.05, 0) is 48.5 Å². The van der Waals surface area contributed by atoms with Gasteiger partial charge in [-0.15, -0.1) is 0 Å². The Bertz CT molecular complexity index is 237. The van der Waals surface area contributed by atoms with E-state index in [1.165, 1.54) is 0 Å². The molecule has 0 aliphatic carbocycles. The van der Waals surface area contributed by atoms with E-state index in [4.69, 9.17) is 0 Å². The third-order valence-electron chi connectivity index (χ3n) is 2.68. The highest BCUT2D eigenvalue weighted by molar-refractivity contribution is 7.49. The third-order valence-corrected chi connectivity index (χ3v) is 9.16. The van der Waals surface area contributed by atoms with E-state index in [0.29, 0.717) is 0 Å². The van der Waals surface area contributed by atoms with E-state index in [9.17, 15) is 0 Å². The summed E-state index contributed by atoms with van der Waals surface area (Å²) < 4.78 is 19.4. The van der Waals surface area contributed by atoms with Crippen molar-refractivity contribution >= 4 is 16.8 Å². The van der Waals surface area contributed by atoms with Gasteiger partial charge in [0.05, 0.1) is 0 Å². The average molecular weight is 294 g/mol. The van der Waals surface area contributed by atoms with Crippen molar-refractivity contribution in [1.29, 1.82) is 0 Å². The highest BCUT2D eigenvalue weighted by atomic mass is 31.2. The number of rotatable bonds is 5. The van der Waals surface area contributed by atoms with Gasteiger partial charge in [0.1, 0.15) is 8.24 Å². The van der Waals surface area contributed by atoms with Crippen molar-refractivity contribution in [3.63, 3.8) is 0 Å². The number of hydrogen-bond acceptors (Lipinski definition) is 2. The molecule has 110 valence electrons. The molecule has 1 unspecified atom stereocenters. The summed E-state index contributed by atoms with van der Waals surface area (Å²) in [7, 11) is -3.43.